The smallest absolute Gasteiger partial charge is 0.141 e. The van der Waals surface area contributed by atoms with Gasteiger partial charge in [-0.2, -0.15) is 0 Å². The van der Waals surface area contributed by atoms with Crippen LogP contribution in [0.1, 0.15) is 12.0 Å². The first-order chi connectivity index (χ1) is 17.0. The van der Waals surface area contributed by atoms with Gasteiger partial charge in [-0.1, -0.05) is 0 Å². The van der Waals surface area contributed by atoms with Crippen molar-refractivity contribution in [1.29, 1.82) is 0 Å². The van der Waals surface area contributed by atoms with Crippen molar-refractivity contribution >= 4 is 44.0 Å². The molecule has 0 aliphatic rings. The molecule has 0 spiro atoms. The van der Waals surface area contributed by atoms with E-state index in [2.05, 4.69) is 39.3 Å². The highest BCUT2D eigenvalue weighted by atomic mass is 32.1. The summed E-state index contributed by atoms with van der Waals surface area (Å²) in [4.78, 5) is 15.4. The maximum atomic E-state index is 6.13. The second kappa shape index (κ2) is 10.2. The second-order valence-corrected chi connectivity index (χ2v) is 9.48. The lowest BCUT2D eigenvalue weighted by atomic mass is 10.2. The molecule has 0 fully saturated rings. The van der Waals surface area contributed by atoms with Crippen molar-refractivity contribution in [3.8, 4) is 17.2 Å². The summed E-state index contributed by atoms with van der Waals surface area (Å²) < 4.78 is 13.2. The monoisotopic (exact) mass is 485 g/mol. The van der Waals surface area contributed by atoms with E-state index in [0.29, 0.717) is 6.61 Å². The molecule has 5 rings (SSSR count). The average molecular weight is 486 g/mol. The molecule has 5 aromatic rings. The maximum Gasteiger partial charge on any atom is 0.141 e. The van der Waals surface area contributed by atoms with Gasteiger partial charge < -0.3 is 19.7 Å². The number of aromatic nitrogens is 3. The molecule has 7 nitrogen and oxygen atoms in total. The van der Waals surface area contributed by atoms with Crippen molar-refractivity contribution in [3.63, 3.8) is 0 Å². The van der Waals surface area contributed by atoms with E-state index < -0.39 is 0 Å². The highest BCUT2D eigenvalue weighted by molar-refractivity contribution is 7.16. The van der Waals surface area contributed by atoms with E-state index in [-0.39, 0.29) is 0 Å². The van der Waals surface area contributed by atoms with Crippen LogP contribution in [-0.2, 0) is 0 Å². The molecule has 0 aliphatic heterocycles. The SMILES string of the molecule is Cc1cc(Nc2ncnc3ccc(OCCCN(C)C)cc23)ccc1Oc1ccc2scnc2c1. The molecule has 0 aliphatic carbocycles. The predicted molar refractivity (Wildman–Crippen MR) is 142 cm³/mol. The van der Waals surface area contributed by atoms with Gasteiger partial charge in [-0.25, -0.2) is 15.0 Å². The molecular formula is C27H27N5O2S. The van der Waals surface area contributed by atoms with Crippen molar-refractivity contribution in [2.75, 3.05) is 32.6 Å². The molecule has 178 valence electrons. The van der Waals surface area contributed by atoms with Crippen molar-refractivity contribution in [1.82, 2.24) is 19.9 Å². The van der Waals surface area contributed by atoms with Crippen LogP contribution < -0.4 is 14.8 Å². The Kier molecular flexibility index (Phi) is 6.74. The van der Waals surface area contributed by atoms with E-state index in [9.17, 15) is 0 Å². The van der Waals surface area contributed by atoms with Gasteiger partial charge in [-0.15, -0.1) is 11.3 Å². The van der Waals surface area contributed by atoms with Crippen molar-refractivity contribution in [2.24, 2.45) is 0 Å². The number of hydrogen-bond acceptors (Lipinski definition) is 8. The zero-order chi connectivity index (χ0) is 24.2. The first-order valence-electron chi connectivity index (χ1n) is 11.5. The minimum atomic E-state index is 0.663. The van der Waals surface area contributed by atoms with E-state index in [1.165, 1.54) is 0 Å². The molecule has 0 saturated carbocycles. The number of aryl methyl sites for hydroxylation is 1. The first-order valence-corrected chi connectivity index (χ1v) is 12.3. The normalized spacial score (nSPS) is 11.3. The third-order valence-corrected chi connectivity index (χ3v) is 6.40. The van der Waals surface area contributed by atoms with Crippen LogP contribution in [0.5, 0.6) is 17.2 Å². The third-order valence-electron chi connectivity index (χ3n) is 5.59. The van der Waals surface area contributed by atoms with Gasteiger partial charge in [0.2, 0.25) is 0 Å². The Hall–Kier alpha value is -3.75. The number of nitrogens with one attached hydrogen (secondary N) is 1. The summed E-state index contributed by atoms with van der Waals surface area (Å²) in [6.45, 7) is 3.68. The fourth-order valence-corrected chi connectivity index (χ4v) is 4.46. The highest BCUT2D eigenvalue weighted by Gasteiger charge is 2.09. The van der Waals surface area contributed by atoms with Crippen LogP contribution in [0.15, 0.2) is 66.4 Å². The van der Waals surface area contributed by atoms with Gasteiger partial charge in [-0.3, -0.25) is 0 Å². The van der Waals surface area contributed by atoms with E-state index >= 15 is 0 Å². The molecule has 2 aromatic heterocycles. The topological polar surface area (TPSA) is 72.4 Å². The number of rotatable bonds is 9. The van der Waals surface area contributed by atoms with Gasteiger partial charge in [0.1, 0.15) is 29.4 Å². The lowest BCUT2D eigenvalue weighted by molar-refractivity contribution is 0.282. The average Bonchev–Trinajstić information content (AvgIpc) is 3.32. The second-order valence-electron chi connectivity index (χ2n) is 8.60. The van der Waals surface area contributed by atoms with Crippen molar-refractivity contribution < 1.29 is 9.47 Å². The number of thiazole rings is 1. The summed E-state index contributed by atoms with van der Waals surface area (Å²) in [5.74, 6) is 3.11. The molecule has 0 bridgehead atoms. The van der Waals surface area contributed by atoms with Gasteiger partial charge >= 0.3 is 0 Å². The number of benzene rings is 3. The quantitative estimate of drug-likeness (QED) is 0.242. The van der Waals surface area contributed by atoms with E-state index in [0.717, 1.165) is 68.4 Å². The van der Waals surface area contributed by atoms with E-state index in [1.54, 1.807) is 17.7 Å². The summed E-state index contributed by atoms with van der Waals surface area (Å²) >= 11 is 1.62. The standard InChI is InChI=1S/C27H27N5O2S/c1-18-13-19(5-9-25(18)34-21-7-10-26-24(15-21)30-17-35-26)31-27-22-14-20(33-12-4-11-32(2)3)6-8-23(22)28-16-29-27/h5-10,13-17H,4,11-12H2,1-3H3,(H,28,29,31). The maximum absolute atomic E-state index is 6.13. The molecule has 8 heteroatoms. The van der Waals surface area contributed by atoms with Crippen LogP contribution in [0.2, 0.25) is 0 Å². The van der Waals surface area contributed by atoms with Gasteiger partial charge in [0, 0.05) is 23.7 Å². The van der Waals surface area contributed by atoms with Gasteiger partial charge in [-0.05, 0) is 81.5 Å². The van der Waals surface area contributed by atoms with E-state index in [4.69, 9.17) is 9.47 Å². The van der Waals surface area contributed by atoms with Crippen LogP contribution in [0.4, 0.5) is 11.5 Å². The lowest BCUT2D eigenvalue weighted by Crippen LogP contribution is -2.15. The Balaban J connectivity index is 1.32. The number of nitrogens with zero attached hydrogens (tertiary/aromatic N) is 4. The number of ether oxygens (including phenoxy) is 2. The summed E-state index contributed by atoms with van der Waals surface area (Å²) in [5.41, 5.74) is 5.58. The highest BCUT2D eigenvalue weighted by Crippen LogP contribution is 2.32. The van der Waals surface area contributed by atoms with Gasteiger partial charge in [0.05, 0.1) is 27.9 Å². The number of anilines is 2. The first kappa shape index (κ1) is 23.0. The Morgan fingerprint density at radius 2 is 1.80 bits per heavy atom. The fourth-order valence-electron chi connectivity index (χ4n) is 3.80. The number of hydrogen-bond donors (Lipinski definition) is 1. The van der Waals surface area contributed by atoms with Crippen molar-refractivity contribution in [2.45, 2.75) is 13.3 Å². The molecule has 35 heavy (non-hydrogen) atoms. The summed E-state index contributed by atoms with van der Waals surface area (Å²) in [6, 6.07) is 17.9. The van der Waals surface area contributed by atoms with Gasteiger partial charge in [0.25, 0.3) is 0 Å². The van der Waals surface area contributed by atoms with Crippen LogP contribution in [0, 0.1) is 6.92 Å². The zero-order valence-electron chi connectivity index (χ0n) is 20.0. The van der Waals surface area contributed by atoms with Crippen molar-refractivity contribution in [3.05, 3.63) is 72.0 Å². The number of fused-ring (bicyclic) bond motifs is 2. The molecule has 0 atom stereocenters. The fraction of sp³-hybridized carbons (Fsp3) is 0.222. The van der Waals surface area contributed by atoms with Crippen LogP contribution in [0.25, 0.3) is 21.1 Å². The Morgan fingerprint density at radius 3 is 2.66 bits per heavy atom. The molecule has 0 radical (unpaired) electrons. The van der Waals surface area contributed by atoms with Crippen LogP contribution in [0.3, 0.4) is 0 Å². The summed E-state index contributed by atoms with van der Waals surface area (Å²) in [6.07, 6.45) is 2.54. The minimum absolute atomic E-state index is 0.663. The molecule has 0 unspecified atom stereocenters. The minimum Gasteiger partial charge on any atom is -0.494 e. The van der Waals surface area contributed by atoms with Gasteiger partial charge in [0.15, 0.2) is 0 Å². The predicted octanol–water partition coefficient (Wildman–Crippen LogP) is 6.41. The van der Waals surface area contributed by atoms with E-state index in [1.807, 2.05) is 67.0 Å². The lowest BCUT2D eigenvalue weighted by Gasteiger charge is -2.13. The Morgan fingerprint density at radius 1 is 0.914 bits per heavy atom. The molecule has 2 heterocycles. The molecule has 1 N–H and O–H groups in total. The summed E-state index contributed by atoms with van der Waals surface area (Å²) in [7, 11) is 4.12. The summed E-state index contributed by atoms with van der Waals surface area (Å²) in [5, 5.41) is 4.34. The molecular weight excluding hydrogens is 458 g/mol. The van der Waals surface area contributed by atoms with Crippen LogP contribution in [-0.4, -0.2) is 47.1 Å². The largest absolute Gasteiger partial charge is 0.494 e. The van der Waals surface area contributed by atoms with Crippen LogP contribution >= 0.6 is 11.3 Å². The molecule has 0 saturated heterocycles. The molecule has 0 amide bonds. The Bertz CT molecular complexity index is 1470. The zero-order valence-corrected chi connectivity index (χ0v) is 20.8. The third kappa shape index (κ3) is 5.50. The Labute approximate surface area is 208 Å². The molecule has 3 aromatic carbocycles.